The van der Waals surface area contributed by atoms with Gasteiger partial charge in [-0.15, -0.1) is 23.2 Å². The van der Waals surface area contributed by atoms with Crippen molar-refractivity contribution < 1.29 is 4.74 Å². The fraction of sp³-hybridized carbons (Fsp3) is 0.294. The summed E-state index contributed by atoms with van der Waals surface area (Å²) >= 11 is 13.4. The molecule has 0 N–H and O–H groups in total. The third-order valence-electron chi connectivity index (χ3n) is 4.70. The molecule has 1 nitrogen and oxygen atoms in total. The molecule has 20 heavy (non-hydrogen) atoms. The quantitative estimate of drug-likeness (QED) is 0.716. The van der Waals surface area contributed by atoms with Crippen LogP contribution in [0.3, 0.4) is 0 Å². The fourth-order valence-electron chi connectivity index (χ4n) is 3.89. The van der Waals surface area contributed by atoms with Crippen LogP contribution in [0.25, 0.3) is 0 Å². The average molecular weight is 305 g/mol. The molecule has 2 bridgehead atoms. The van der Waals surface area contributed by atoms with E-state index in [-0.39, 0.29) is 16.7 Å². The minimum atomic E-state index is -0.643. The van der Waals surface area contributed by atoms with E-state index in [0.717, 1.165) is 11.1 Å². The molecule has 5 rings (SSSR count). The molecule has 0 saturated carbocycles. The molecule has 2 aromatic carbocycles. The van der Waals surface area contributed by atoms with Gasteiger partial charge in [-0.2, -0.15) is 0 Å². The maximum Gasteiger partial charge on any atom is 0.136 e. The van der Waals surface area contributed by atoms with E-state index in [9.17, 15) is 0 Å². The van der Waals surface area contributed by atoms with Crippen LogP contribution in [0.4, 0.5) is 0 Å². The first kappa shape index (κ1) is 12.7. The van der Waals surface area contributed by atoms with Gasteiger partial charge in [0, 0.05) is 13.0 Å². The van der Waals surface area contributed by atoms with E-state index in [0.29, 0.717) is 0 Å². The highest BCUT2D eigenvalue weighted by atomic mass is 35.5. The van der Waals surface area contributed by atoms with Crippen molar-refractivity contribution in [3.8, 4) is 0 Å². The summed E-state index contributed by atoms with van der Waals surface area (Å²) in [5, 5.41) is -0.439. The largest absolute Gasteiger partial charge is 0.367 e. The first-order valence-electron chi connectivity index (χ1n) is 6.74. The number of rotatable bonds is 1. The van der Waals surface area contributed by atoms with Gasteiger partial charge >= 0.3 is 0 Å². The number of benzene rings is 2. The summed E-state index contributed by atoms with van der Waals surface area (Å²) < 4.78 is 5.99. The highest BCUT2D eigenvalue weighted by Crippen LogP contribution is 2.59. The number of halogens is 2. The van der Waals surface area contributed by atoms with E-state index in [2.05, 4.69) is 36.4 Å². The van der Waals surface area contributed by atoms with Crippen LogP contribution < -0.4 is 0 Å². The maximum atomic E-state index is 6.72. The Morgan fingerprint density at radius 3 is 1.90 bits per heavy atom. The SMILES string of the molecule is COC12c3ccccc3C(c3ccccc31)[C@H](Cl)[C@H]2Cl. The second-order valence-corrected chi connectivity index (χ2v) is 6.41. The van der Waals surface area contributed by atoms with Crippen molar-refractivity contribution in [1.29, 1.82) is 0 Å². The lowest BCUT2D eigenvalue weighted by Crippen LogP contribution is -2.55. The predicted molar refractivity (Wildman–Crippen MR) is 81.8 cm³/mol. The molecular weight excluding hydrogens is 291 g/mol. The molecule has 2 aromatic rings. The van der Waals surface area contributed by atoms with Crippen molar-refractivity contribution in [1.82, 2.24) is 0 Å². The molecule has 0 radical (unpaired) electrons. The first-order chi connectivity index (χ1) is 9.71. The lowest BCUT2D eigenvalue weighted by molar-refractivity contribution is 0.00209. The number of alkyl halides is 2. The molecule has 0 spiro atoms. The van der Waals surface area contributed by atoms with Crippen molar-refractivity contribution in [3.63, 3.8) is 0 Å². The van der Waals surface area contributed by atoms with Crippen molar-refractivity contribution in [3.05, 3.63) is 70.8 Å². The van der Waals surface area contributed by atoms with Gasteiger partial charge in [0.15, 0.2) is 0 Å². The van der Waals surface area contributed by atoms with Gasteiger partial charge in [0.1, 0.15) is 5.60 Å². The molecule has 3 heteroatoms. The monoisotopic (exact) mass is 304 g/mol. The van der Waals surface area contributed by atoms with Crippen molar-refractivity contribution in [2.75, 3.05) is 7.11 Å². The minimum absolute atomic E-state index is 0.142. The summed E-state index contributed by atoms with van der Waals surface area (Å²) in [4.78, 5) is 0. The average Bonchev–Trinajstić information content (AvgIpc) is 2.50. The summed E-state index contributed by atoms with van der Waals surface area (Å²) in [6, 6.07) is 16.7. The number of ether oxygens (including phenoxy) is 1. The molecule has 0 amide bonds. The van der Waals surface area contributed by atoms with Crippen LogP contribution in [0.5, 0.6) is 0 Å². The van der Waals surface area contributed by atoms with Gasteiger partial charge in [0.2, 0.25) is 0 Å². The molecule has 0 fully saturated rings. The molecule has 102 valence electrons. The van der Waals surface area contributed by atoms with Gasteiger partial charge in [-0.1, -0.05) is 48.5 Å². The summed E-state index contributed by atoms with van der Waals surface area (Å²) in [5.41, 5.74) is 4.15. The Morgan fingerprint density at radius 1 is 0.900 bits per heavy atom. The van der Waals surface area contributed by atoms with Crippen LogP contribution in [0.1, 0.15) is 28.2 Å². The second kappa shape index (κ2) is 4.24. The zero-order valence-corrected chi connectivity index (χ0v) is 12.5. The fourth-order valence-corrected chi connectivity index (χ4v) is 4.81. The van der Waals surface area contributed by atoms with Crippen LogP contribution in [0.15, 0.2) is 48.5 Å². The van der Waals surface area contributed by atoms with E-state index in [1.807, 2.05) is 12.1 Å². The predicted octanol–water partition coefficient (Wildman–Crippen LogP) is 4.25. The van der Waals surface area contributed by atoms with E-state index in [1.54, 1.807) is 7.11 Å². The lowest BCUT2D eigenvalue weighted by atomic mass is 9.60. The van der Waals surface area contributed by atoms with E-state index < -0.39 is 5.60 Å². The number of fused-ring (bicyclic) bond motifs is 1. The summed E-state index contributed by atoms with van der Waals surface area (Å²) in [6.45, 7) is 0. The molecule has 0 unspecified atom stereocenters. The van der Waals surface area contributed by atoms with Crippen LogP contribution in [0.2, 0.25) is 0 Å². The third kappa shape index (κ3) is 1.29. The highest BCUT2D eigenvalue weighted by molar-refractivity contribution is 6.32. The summed E-state index contributed by atoms with van der Waals surface area (Å²) in [5.74, 6) is 0.142. The van der Waals surface area contributed by atoms with Crippen LogP contribution in [0, 0.1) is 0 Å². The molecule has 0 saturated heterocycles. The Hall–Kier alpha value is -1.02. The Balaban J connectivity index is 2.14. The Kier molecular flexibility index (Phi) is 2.69. The summed E-state index contributed by atoms with van der Waals surface area (Å²) in [6.07, 6.45) is 0. The Bertz CT molecular complexity index is 635. The van der Waals surface area contributed by atoms with Crippen LogP contribution in [-0.2, 0) is 10.3 Å². The first-order valence-corrected chi connectivity index (χ1v) is 7.61. The van der Waals surface area contributed by atoms with E-state index in [1.165, 1.54) is 11.1 Å². The number of hydrogen-bond acceptors (Lipinski definition) is 1. The van der Waals surface area contributed by atoms with Crippen molar-refractivity contribution in [2.45, 2.75) is 22.3 Å². The molecular formula is C17H14Cl2O. The van der Waals surface area contributed by atoms with Gasteiger partial charge in [-0.3, -0.25) is 0 Å². The van der Waals surface area contributed by atoms with Crippen LogP contribution in [-0.4, -0.2) is 17.9 Å². The van der Waals surface area contributed by atoms with Crippen LogP contribution >= 0.6 is 23.2 Å². The smallest absolute Gasteiger partial charge is 0.136 e. The highest BCUT2D eigenvalue weighted by Gasteiger charge is 2.58. The van der Waals surface area contributed by atoms with Gasteiger partial charge in [-0.25, -0.2) is 0 Å². The molecule has 0 aliphatic heterocycles. The zero-order valence-electron chi connectivity index (χ0n) is 11.0. The normalized spacial score (nSPS) is 33.6. The Morgan fingerprint density at radius 2 is 1.40 bits per heavy atom. The van der Waals surface area contributed by atoms with Gasteiger partial charge < -0.3 is 4.74 Å². The van der Waals surface area contributed by atoms with E-state index in [4.69, 9.17) is 27.9 Å². The maximum absolute atomic E-state index is 6.72. The van der Waals surface area contributed by atoms with Gasteiger partial charge in [-0.05, 0) is 22.3 Å². The molecule has 2 atom stereocenters. The Labute approximate surface area is 128 Å². The van der Waals surface area contributed by atoms with Crippen molar-refractivity contribution in [2.24, 2.45) is 0 Å². The molecule has 3 aliphatic carbocycles. The minimum Gasteiger partial charge on any atom is -0.367 e. The molecule has 0 heterocycles. The molecule has 3 aliphatic rings. The number of hydrogen-bond donors (Lipinski definition) is 0. The van der Waals surface area contributed by atoms with E-state index >= 15 is 0 Å². The summed E-state index contributed by atoms with van der Waals surface area (Å²) in [7, 11) is 1.72. The lowest BCUT2D eigenvalue weighted by Gasteiger charge is -2.53. The standard InChI is InChI=1S/C17H14Cl2O/c1-20-17-12-8-4-2-6-10(12)14(15(18)16(17)19)11-7-3-5-9-13(11)17/h2-9,14-16H,1H3/t14?,15-,16+,17?/m0/s1. The topological polar surface area (TPSA) is 9.23 Å². The van der Waals surface area contributed by atoms with Gasteiger partial charge in [0.25, 0.3) is 0 Å². The molecule has 0 aromatic heterocycles. The third-order valence-corrected chi connectivity index (χ3v) is 5.91. The van der Waals surface area contributed by atoms with Gasteiger partial charge in [0.05, 0.1) is 10.8 Å². The number of methoxy groups -OCH3 is 1. The zero-order chi connectivity index (χ0) is 13.9. The van der Waals surface area contributed by atoms with Crippen molar-refractivity contribution >= 4 is 23.2 Å². The second-order valence-electron chi connectivity index (χ2n) is 5.44.